The van der Waals surface area contributed by atoms with Gasteiger partial charge in [-0.05, 0) is 41.8 Å². The molecule has 2 aromatic carbocycles. The molecule has 0 atom stereocenters. The predicted octanol–water partition coefficient (Wildman–Crippen LogP) is 3.51. The number of thiophene rings is 1. The van der Waals surface area contributed by atoms with E-state index in [1.165, 1.54) is 29.1 Å². The summed E-state index contributed by atoms with van der Waals surface area (Å²) in [7, 11) is 1.53. The minimum Gasteiger partial charge on any atom is -0.497 e. The van der Waals surface area contributed by atoms with Crippen LogP contribution in [-0.4, -0.2) is 22.2 Å². The maximum atomic E-state index is 13.2. The van der Waals surface area contributed by atoms with Crippen LogP contribution in [0.4, 0.5) is 5.69 Å². The van der Waals surface area contributed by atoms with E-state index in [2.05, 4.69) is 5.32 Å². The average molecular weight is 442 g/mol. The van der Waals surface area contributed by atoms with Crippen LogP contribution >= 0.6 is 22.9 Å². The minimum atomic E-state index is -0.617. The number of hydrogen-bond acceptors (Lipinski definition) is 5. The van der Waals surface area contributed by atoms with Crippen LogP contribution in [0.3, 0.4) is 0 Å². The Balaban J connectivity index is 1.77. The molecule has 7 nitrogen and oxygen atoms in total. The van der Waals surface area contributed by atoms with Crippen molar-refractivity contribution in [3.8, 4) is 11.4 Å². The first kappa shape index (κ1) is 19.9. The summed E-state index contributed by atoms with van der Waals surface area (Å²) in [5, 5.41) is 4.86. The highest BCUT2D eigenvalue weighted by molar-refractivity contribution is 7.17. The van der Waals surface area contributed by atoms with Crippen molar-refractivity contribution in [1.82, 2.24) is 9.13 Å². The van der Waals surface area contributed by atoms with E-state index < -0.39 is 17.2 Å². The zero-order valence-corrected chi connectivity index (χ0v) is 17.4. The third-order valence-corrected chi connectivity index (χ3v) is 5.60. The lowest BCUT2D eigenvalue weighted by Crippen LogP contribution is -2.40. The van der Waals surface area contributed by atoms with Gasteiger partial charge in [0.15, 0.2) is 0 Å². The van der Waals surface area contributed by atoms with Gasteiger partial charge in [-0.3, -0.25) is 14.2 Å². The van der Waals surface area contributed by atoms with E-state index in [9.17, 15) is 14.4 Å². The van der Waals surface area contributed by atoms with Gasteiger partial charge >= 0.3 is 5.69 Å². The fraction of sp³-hybridized carbons (Fsp3) is 0.0952. The van der Waals surface area contributed by atoms with E-state index in [0.29, 0.717) is 32.4 Å². The van der Waals surface area contributed by atoms with Gasteiger partial charge in [-0.15, -0.1) is 11.3 Å². The molecule has 0 bridgehead atoms. The van der Waals surface area contributed by atoms with Crippen molar-refractivity contribution < 1.29 is 9.53 Å². The number of ether oxygens (including phenoxy) is 1. The van der Waals surface area contributed by atoms with Crippen molar-refractivity contribution in [3.05, 3.63) is 85.8 Å². The van der Waals surface area contributed by atoms with Gasteiger partial charge < -0.3 is 10.1 Å². The highest BCUT2D eigenvalue weighted by atomic mass is 35.5. The van der Waals surface area contributed by atoms with Gasteiger partial charge in [0.05, 0.1) is 18.3 Å². The largest absolute Gasteiger partial charge is 0.497 e. The summed E-state index contributed by atoms with van der Waals surface area (Å²) in [6.45, 7) is -0.260. The van der Waals surface area contributed by atoms with Gasteiger partial charge in [0.1, 0.15) is 17.0 Å². The Hall–Kier alpha value is -3.36. The number of nitrogens with zero attached hydrogens (tertiary/aromatic N) is 2. The number of anilines is 1. The lowest BCUT2D eigenvalue weighted by atomic mass is 10.3. The molecule has 0 fully saturated rings. The van der Waals surface area contributed by atoms with Crippen molar-refractivity contribution >= 4 is 44.7 Å². The topological polar surface area (TPSA) is 82.3 Å². The molecule has 9 heteroatoms. The van der Waals surface area contributed by atoms with Gasteiger partial charge in [-0.2, -0.15) is 0 Å². The number of fused-ring (bicyclic) bond motifs is 1. The Kier molecular flexibility index (Phi) is 5.43. The van der Waals surface area contributed by atoms with Crippen LogP contribution in [0.1, 0.15) is 0 Å². The van der Waals surface area contributed by atoms with Crippen molar-refractivity contribution in [3.63, 3.8) is 0 Å². The summed E-state index contributed by atoms with van der Waals surface area (Å²) in [4.78, 5) is 38.8. The molecule has 2 aromatic heterocycles. The van der Waals surface area contributed by atoms with Crippen LogP contribution in [0, 0.1) is 0 Å². The second-order valence-corrected chi connectivity index (χ2v) is 7.76. The second-order valence-electron chi connectivity index (χ2n) is 6.40. The number of amides is 1. The summed E-state index contributed by atoms with van der Waals surface area (Å²) in [5.74, 6) is 0.189. The molecule has 0 aliphatic rings. The van der Waals surface area contributed by atoms with Crippen LogP contribution in [0.5, 0.6) is 5.75 Å². The normalized spacial score (nSPS) is 10.9. The number of aromatic nitrogens is 2. The Morgan fingerprint density at radius 1 is 1.13 bits per heavy atom. The lowest BCUT2D eigenvalue weighted by molar-refractivity contribution is -0.116. The van der Waals surface area contributed by atoms with Crippen molar-refractivity contribution in [2.24, 2.45) is 0 Å². The standard InChI is InChI=1S/C21H16ClN3O4S/c1-29-16-7-3-5-14(11-16)23-18(26)12-24-17-8-9-30-19(17)20(27)25(21(24)28)15-6-2-4-13(22)10-15/h2-11H,12H2,1H3,(H,23,26). The van der Waals surface area contributed by atoms with Crippen LogP contribution in [-0.2, 0) is 11.3 Å². The van der Waals surface area contributed by atoms with E-state index in [1.807, 2.05) is 0 Å². The summed E-state index contributed by atoms with van der Waals surface area (Å²) in [6, 6.07) is 15.0. The summed E-state index contributed by atoms with van der Waals surface area (Å²) >= 11 is 7.25. The fourth-order valence-electron chi connectivity index (χ4n) is 3.13. The van der Waals surface area contributed by atoms with Gasteiger partial charge in [0.25, 0.3) is 5.56 Å². The number of rotatable bonds is 5. The van der Waals surface area contributed by atoms with Crippen LogP contribution in [0.2, 0.25) is 5.02 Å². The molecule has 1 N–H and O–H groups in total. The predicted molar refractivity (Wildman–Crippen MR) is 118 cm³/mol. The zero-order chi connectivity index (χ0) is 21.3. The first-order valence-corrected chi connectivity index (χ1v) is 10.2. The monoisotopic (exact) mass is 441 g/mol. The van der Waals surface area contributed by atoms with E-state index in [1.54, 1.807) is 53.9 Å². The quantitative estimate of drug-likeness (QED) is 0.513. The summed E-state index contributed by atoms with van der Waals surface area (Å²) < 4.78 is 7.85. The number of halogens is 1. The average Bonchev–Trinajstić information content (AvgIpc) is 3.22. The molecule has 0 spiro atoms. The van der Waals surface area contributed by atoms with E-state index in [0.717, 1.165) is 4.57 Å². The Bertz CT molecular complexity index is 1370. The number of hydrogen-bond donors (Lipinski definition) is 1. The van der Waals surface area contributed by atoms with Crippen LogP contribution < -0.4 is 21.3 Å². The van der Waals surface area contributed by atoms with Gasteiger partial charge in [-0.25, -0.2) is 9.36 Å². The number of carbonyl (C=O) groups excluding carboxylic acids is 1. The Morgan fingerprint density at radius 2 is 1.93 bits per heavy atom. The van der Waals surface area contributed by atoms with Crippen molar-refractivity contribution in [2.75, 3.05) is 12.4 Å². The van der Waals surface area contributed by atoms with E-state index in [-0.39, 0.29) is 6.54 Å². The molecule has 0 saturated heterocycles. The van der Waals surface area contributed by atoms with Gasteiger partial charge in [0, 0.05) is 16.8 Å². The molecule has 152 valence electrons. The molecule has 0 aliphatic heterocycles. The third-order valence-electron chi connectivity index (χ3n) is 4.48. The van der Waals surface area contributed by atoms with E-state index in [4.69, 9.17) is 16.3 Å². The summed E-state index contributed by atoms with van der Waals surface area (Å²) in [6.07, 6.45) is 0. The molecule has 2 heterocycles. The first-order chi connectivity index (χ1) is 14.5. The molecule has 0 aliphatic carbocycles. The van der Waals surface area contributed by atoms with Gasteiger partial charge in [-0.1, -0.05) is 23.7 Å². The maximum Gasteiger partial charge on any atom is 0.336 e. The summed E-state index contributed by atoms with van der Waals surface area (Å²) in [5.41, 5.74) is 0.228. The molecule has 30 heavy (non-hydrogen) atoms. The molecule has 0 radical (unpaired) electrons. The highest BCUT2D eigenvalue weighted by Crippen LogP contribution is 2.19. The number of benzene rings is 2. The van der Waals surface area contributed by atoms with Crippen LogP contribution in [0.25, 0.3) is 15.9 Å². The maximum absolute atomic E-state index is 13.2. The zero-order valence-electron chi connectivity index (χ0n) is 15.8. The Labute approximate surface area is 179 Å². The van der Waals surface area contributed by atoms with E-state index >= 15 is 0 Å². The molecular formula is C21H16ClN3O4S. The second kappa shape index (κ2) is 8.17. The number of methoxy groups -OCH3 is 1. The molecule has 0 saturated carbocycles. The number of nitrogens with one attached hydrogen (secondary N) is 1. The number of carbonyl (C=O) groups is 1. The molecule has 1 amide bonds. The SMILES string of the molecule is COc1cccc(NC(=O)Cn2c(=O)n(-c3cccc(Cl)c3)c(=O)c3sccc32)c1. The fourth-order valence-corrected chi connectivity index (χ4v) is 4.14. The highest BCUT2D eigenvalue weighted by Gasteiger charge is 2.18. The first-order valence-electron chi connectivity index (χ1n) is 8.91. The Morgan fingerprint density at radius 3 is 2.70 bits per heavy atom. The van der Waals surface area contributed by atoms with Gasteiger partial charge in [0.2, 0.25) is 5.91 Å². The molecular weight excluding hydrogens is 426 g/mol. The van der Waals surface area contributed by atoms with Crippen molar-refractivity contribution in [1.29, 1.82) is 0 Å². The van der Waals surface area contributed by atoms with Crippen LogP contribution in [0.15, 0.2) is 69.6 Å². The minimum absolute atomic E-state index is 0.260. The molecule has 4 aromatic rings. The molecule has 0 unspecified atom stereocenters. The lowest BCUT2D eigenvalue weighted by Gasteiger charge is -2.13. The third kappa shape index (κ3) is 3.74. The molecule has 4 rings (SSSR count). The smallest absolute Gasteiger partial charge is 0.336 e. The van der Waals surface area contributed by atoms with Crippen molar-refractivity contribution in [2.45, 2.75) is 6.54 Å².